The molecule has 0 saturated carbocycles. The minimum absolute atomic E-state index is 0.144. The normalized spacial score (nSPS) is 18.7. The van der Waals surface area contributed by atoms with Crippen LogP contribution in [0.2, 0.25) is 0 Å². The maximum atomic E-state index is 13.1. The van der Waals surface area contributed by atoms with E-state index in [1.54, 1.807) is 16.4 Å². The molecule has 1 atom stereocenters. The molecule has 1 aromatic carbocycles. The van der Waals surface area contributed by atoms with E-state index >= 15 is 0 Å². The highest BCUT2D eigenvalue weighted by molar-refractivity contribution is 7.89. The Balaban J connectivity index is 1.97. The topological polar surface area (TPSA) is 62.3 Å². The first-order valence-corrected chi connectivity index (χ1v) is 9.61. The van der Waals surface area contributed by atoms with Crippen molar-refractivity contribution in [3.8, 4) is 0 Å². The van der Waals surface area contributed by atoms with E-state index in [9.17, 15) is 8.42 Å². The summed E-state index contributed by atoms with van der Waals surface area (Å²) in [6.07, 6.45) is 1.69. The third-order valence-corrected chi connectivity index (χ3v) is 6.50. The lowest BCUT2D eigenvalue weighted by Crippen LogP contribution is -2.31. The number of rotatable bonds is 4. The number of nitrogens with zero attached hydrogens (tertiary/aromatic N) is 2. The molecule has 1 unspecified atom stereocenters. The summed E-state index contributed by atoms with van der Waals surface area (Å²) in [5.41, 5.74) is 2.91. The molecule has 6 heteroatoms. The highest BCUT2D eigenvalue weighted by atomic mass is 32.2. The summed E-state index contributed by atoms with van der Waals surface area (Å²) in [4.78, 5) is 4.86. The Bertz CT molecular complexity index is 832. The highest BCUT2D eigenvalue weighted by Gasteiger charge is 2.37. The van der Waals surface area contributed by atoms with Gasteiger partial charge < -0.3 is 5.32 Å². The van der Waals surface area contributed by atoms with Crippen molar-refractivity contribution in [3.63, 3.8) is 0 Å². The fourth-order valence-electron chi connectivity index (χ4n) is 3.25. The molecule has 0 radical (unpaired) electrons. The number of hydrogen-bond acceptors (Lipinski definition) is 4. The first kappa shape index (κ1) is 16.9. The van der Waals surface area contributed by atoms with E-state index in [1.807, 2.05) is 45.2 Å². The molecule has 1 aromatic heterocycles. The molecule has 3 rings (SSSR count). The number of sulfonamides is 1. The molecule has 1 N–H and O–H groups in total. The number of hydrogen-bond donors (Lipinski definition) is 1. The maximum Gasteiger partial charge on any atom is 0.243 e. The van der Waals surface area contributed by atoms with Gasteiger partial charge in [0.15, 0.2) is 0 Å². The predicted molar refractivity (Wildman–Crippen MR) is 95.6 cm³/mol. The van der Waals surface area contributed by atoms with E-state index in [1.165, 1.54) is 0 Å². The van der Waals surface area contributed by atoms with Crippen molar-refractivity contribution < 1.29 is 8.42 Å². The zero-order valence-corrected chi connectivity index (χ0v) is 15.1. The number of aromatic nitrogens is 1. The molecular formula is C18H23N3O2S. The van der Waals surface area contributed by atoms with Crippen LogP contribution in [0.3, 0.4) is 0 Å². The van der Waals surface area contributed by atoms with Gasteiger partial charge >= 0.3 is 0 Å². The van der Waals surface area contributed by atoms with Gasteiger partial charge in [0.1, 0.15) is 5.82 Å². The number of anilines is 1. The lowest BCUT2D eigenvalue weighted by Gasteiger charge is -2.25. The van der Waals surface area contributed by atoms with Crippen molar-refractivity contribution in [2.24, 2.45) is 0 Å². The number of nitrogens with one attached hydrogen (secondary N) is 1. The van der Waals surface area contributed by atoms with Gasteiger partial charge in [-0.05, 0) is 50.5 Å². The van der Waals surface area contributed by atoms with E-state index in [0.29, 0.717) is 11.4 Å². The van der Waals surface area contributed by atoms with Crippen molar-refractivity contribution in [2.75, 3.05) is 18.9 Å². The van der Waals surface area contributed by atoms with Gasteiger partial charge in [-0.3, -0.25) is 0 Å². The third-order valence-electron chi connectivity index (χ3n) is 4.57. The first-order chi connectivity index (χ1) is 11.4. The Morgan fingerprint density at radius 2 is 1.83 bits per heavy atom. The monoisotopic (exact) mass is 345 g/mol. The standard InChI is InChI=1S/C18H23N3O2S/c1-13-6-8-15(9-7-13)24(22,23)21-12-4-5-17(21)16-10-11-18(19-3)20-14(16)2/h6-11,17H,4-5,12H2,1-3H3,(H,19,20). The number of aryl methyl sites for hydroxylation is 2. The second-order valence-corrected chi connectivity index (χ2v) is 8.10. The Hall–Kier alpha value is -1.92. The molecule has 2 heterocycles. The summed E-state index contributed by atoms with van der Waals surface area (Å²) in [7, 11) is -1.67. The molecule has 0 amide bonds. The summed E-state index contributed by atoms with van der Waals surface area (Å²) in [5, 5.41) is 3.02. The lowest BCUT2D eigenvalue weighted by atomic mass is 10.0. The molecule has 0 bridgehead atoms. The summed E-state index contributed by atoms with van der Waals surface area (Å²) >= 11 is 0. The Kier molecular flexibility index (Phi) is 4.60. The smallest absolute Gasteiger partial charge is 0.243 e. The number of pyridine rings is 1. The zero-order valence-electron chi connectivity index (χ0n) is 14.3. The van der Waals surface area contributed by atoms with Crippen molar-refractivity contribution in [3.05, 3.63) is 53.2 Å². The van der Waals surface area contributed by atoms with Crippen LogP contribution < -0.4 is 5.32 Å². The average Bonchev–Trinajstić information content (AvgIpc) is 3.05. The van der Waals surface area contributed by atoms with Crippen LogP contribution in [0.25, 0.3) is 0 Å². The Morgan fingerprint density at radius 3 is 2.46 bits per heavy atom. The van der Waals surface area contributed by atoms with Gasteiger partial charge in [-0.1, -0.05) is 23.8 Å². The second-order valence-electron chi connectivity index (χ2n) is 6.21. The van der Waals surface area contributed by atoms with E-state index in [0.717, 1.165) is 35.5 Å². The lowest BCUT2D eigenvalue weighted by molar-refractivity contribution is 0.395. The first-order valence-electron chi connectivity index (χ1n) is 8.17. The minimum atomic E-state index is -3.50. The summed E-state index contributed by atoms with van der Waals surface area (Å²) < 4.78 is 27.7. The largest absolute Gasteiger partial charge is 0.373 e. The van der Waals surface area contributed by atoms with Gasteiger partial charge in [-0.15, -0.1) is 0 Å². The maximum absolute atomic E-state index is 13.1. The minimum Gasteiger partial charge on any atom is -0.373 e. The predicted octanol–water partition coefficient (Wildman–Crippen LogP) is 3.27. The van der Waals surface area contributed by atoms with Gasteiger partial charge in [0.25, 0.3) is 0 Å². The molecule has 1 aliphatic heterocycles. The zero-order chi connectivity index (χ0) is 17.3. The van der Waals surface area contributed by atoms with Crippen LogP contribution in [0.4, 0.5) is 5.82 Å². The van der Waals surface area contributed by atoms with E-state index in [2.05, 4.69) is 10.3 Å². The van der Waals surface area contributed by atoms with Gasteiger partial charge in [-0.25, -0.2) is 13.4 Å². The van der Waals surface area contributed by atoms with Crippen LogP contribution in [-0.2, 0) is 10.0 Å². The van der Waals surface area contributed by atoms with Crippen molar-refractivity contribution in [1.29, 1.82) is 0 Å². The summed E-state index contributed by atoms with van der Waals surface area (Å²) in [6.45, 7) is 4.44. The summed E-state index contributed by atoms with van der Waals surface area (Å²) in [5.74, 6) is 0.794. The molecule has 0 aliphatic carbocycles. The van der Waals surface area contributed by atoms with Crippen LogP contribution in [-0.4, -0.2) is 31.3 Å². The van der Waals surface area contributed by atoms with Gasteiger partial charge in [0, 0.05) is 19.3 Å². The SMILES string of the molecule is CNc1ccc(C2CCCN2S(=O)(=O)c2ccc(C)cc2)c(C)n1. The Labute approximate surface area is 143 Å². The van der Waals surface area contributed by atoms with Crippen LogP contribution in [0.1, 0.15) is 35.7 Å². The summed E-state index contributed by atoms with van der Waals surface area (Å²) in [6, 6.07) is 10.8. The van der Waals surface area contributed by atoms with Crippen molar-refractivity contribution >= 4 is 15.8 Å². The fraction of sp³-hybridized carbons (Fsp3) is 0.389. The van der Waals surface area contributed by atoms with Crippen molar-refractivity contribution in [2.45, 2.75) is 37.6 Å². The average molecular weight is 345 g/mol. The van der Waals surface area contributed by atoms with E-state index < -0.39 is 10.0 Å². The Morgan fingerprint density at radius 1 is 1.12 bits per heavy atom. The molecule has 2 aromatic rings. The number of benzene rings is 1. The van der Waals surface area contributed by atoms with Crippen LogP contribution >= 0.6 is 0 Å². The van der Waals surface area contributed by atoms with Gasteiger partial charge in [-0.2, -0.15) is 4.31 Å². The quantitative estimate of drug-likeness (QED) is 0.924. The molecule has 0 spiro atoms. The highest BCUT2D eigenvalue weighted by Crippen LogP contribution is 2.37. The van der Waals surface area contributed by atoms with Crippen molar-refractivity contribution in [1.82, 2.24) is 9.29 Å². The molecule has 1 saturated heterocycles. The van der Waals surface area contributed by atoms with E-state index in [-0.39, 0.29) is 6.04 Å². The van der Waals surface area contributed by atoms with Crippen LogP contribution in [0, 0.1) is 13.8 Å². The molecule has 24 heavy (non-hydrogen) atoms. The molecule has 1 fully saturated rings. The van der Waals surface area contributed by atoms with E-state index in [4.69, 9.17) is 0 Å². The molecule has 1 aliphatic rings. The molecule has 5 nitrogen and oxygen atoms in total. The second kappa shape index (κ2) is 6.53. The van der Waals surface area contributed by atoms with Gasteiger partial charge in [0.05, 0.1) is 10.9 Å². The van der Waals surface area contributed by atoms with Gasteiger partial charge in [0.2, 0.25) is 10.0 Å². The van der Waals surface area contributed by atoms with Crippen LogP contribution in [0.5, 0.6) is 0 Å². The third kappa shape index (κ3) is 3.03. The molecule has 128 valence electrons. The fourth-order valence-corrected chi connectivity index (χ4v) is 4.92. The van der Waals surface area contributed by atoms with Crippen LogP contribution in [0.15, 0.2) is 41.3 Å². The molecular weight excluding hydrogens is 322 g/mol.